The zero-order chi connectivity index (χ0) is 16.5. The molecular formula is C20H20N2O2. The van der Waals surface area contributed by atoms with Crippen molar-refractivity contribution in [3.8, 4) is 5.88 Å². The molecule has 0 radical (unpaired) electrons. The van der Waals surface area contributed by atoms with Crippen molar-refractivity contribution in [2.75, 3.05) is 18.0 Å². The summed E-state index contributed by atoms with van der Waals surface area (Å²) in [6, 6.07) is 16.0. The Balaban J connectivity index is 1.50. The van der Waals surface area contributed by atoms with Crippen LogP contribution >= 0.6 is 0 Å². The maximum atomic E-state index is 10.8. The zero-order valence-corrected chi connectivity index (χ0v) is 13.4. The molecule has 2 aromatic carbocycles. The van der Waals surface area contributed by atoms with Gasteiger partial charge in [0.15, 0.2) is 5.88 Å². The first-order valence-electron chi connectivity index (χ1n) is 8.35. The van der Waals surface area contributed by atoms with Gasteiger partial charge in [0, 0.05) is 47.4 Å². The van der Waals surface area contributed by atoms with Crippen molar-refractivity contribution < 1.29 is 9.90 Å². The SMILES string of the molecule is O=Cc1ccc(N2CCC(n3cc4ccccc4c3O)CC2)cc1. The molecule has 0 aliphatic carbocycles. The Morgan fingerprint density at radius 2 is 1.71 bits per heavy atom. The number of piperidine rings is 1. The number of rotatable bonds is 3. The lowest BCUT2D eigenvalue weighted by Crippen LogP contribution is -2.34. The highest BCUT2D eigenvalue weighted by Crippen LogP contribution is 2.34. The Morgan fingerprint density at radius 1 is 1.00 bits per heavy atom. The second-order valence-corrected chi connectivity index (χ2v) is 6.37. The minimum atomic E-state index is 0.322. The van der Waals surface area contributed by atoms with E-state index >= 15 is 0 Å². The molecule has 1 saturated heterocycles. The van der Waals surface area contributed by atoms with Crippen molar-refractivity contribution in [2.45, 2.75) is 18.9 Å². The van der Waals surface area contributed by atoms with Gasteiger partial charge in [0.2, 0.25) is 0 Å². The summed E-state index contributed by atoms with van der Waals surface area (Å²) >= 11 is 0. The smallest absolute Gasteiger partial charge is 0.199 e. The number of aromatic hydroxyl groups is 1. The molecule has 0 spiro atoms. The molecule has 1 aromatic heterocycles. The fourth-order valence-corrected chi connectivity index (χ4v) is 3.61. The maximum Gasteiger partial charge on any atom is 0.199 e. The predicted molar refractivity (Wildman–Crippen MR) is 95.9 cm³/mol. The van der Waals surface area contributed by atoms with Gasteiger partial charge in [-0.05, 0) is 43.2 Å². The first-order valence-corrected chi connectivity index (χ1v) is 8.35. The lowest BCUT2D eigenvalue weighted by Gasteiger charge is -2.34. The van der Waals surface area contributed by atoms with Crippen LogP contribution in [0, 0.1) is 0 Å². The number of nitrogens with zero attached hydrogens (tertiary/aromatic N) is 2. The van der Waals surface area contributed by atoms with Crippen LogP contribution in [0.2, 0.25) is 0 Å². The Kier molecular flexibility index (Phi) is 3.73. The van der Waals surface area contributed by atoms with Crippen LogP contribution in [0.15, 0.2) is 54.7 Å². The number of fused-ring (bicyclic) bond motifs is 1. The van der Waals surface area contributed by atoms with Gasteiger partial charge in [-0.25, -0.2) is 0 Å². The highest BCUT2D eigenvalue weighted by atomic mass is 16.3. The standard InChI is InChI=1S/C20H20N2O2/c23-14-15-5-7-17(8-6-15)21-11-9-18(10-12-21)22-13-16-3-1-2-4-19(16)20(22)24/h1-8,13-14,18,24H,9-12H2. The number of aldehydes is 1. The molecule has 2 heterocycles. The Morgan fingerprint density at radius 3 is 2.38 bits per heavy atom. The number of hydrogen-bond donors (Lipinski definition) is 1. The summed E-state index contributed by atoms with van der Waals surface area (Å²) in [4.78, 5) is 13.1. The Hall–Kier alpha value is -2.75. The van der Waals surface area contributed by atoms with Crippen LogP contribution in [0.3, 0.4) is 0 Å². The van der Waals surface area contributed by atoms with Gasteiger partial charge in [-0.3, -0.25) is 4.79 Å². The summed E-state index contributed by atoms with van der Waals surface area (Å²) in [7, 11) is 0. The Bertz CT molecular complexity index is 859. The number of hydrogen-bond acceptors (Lipinski definition) is 3. The molecule has 0 unspecified atom stereocenters. The molecular weight excluding hydrogens is 300 g/mol. The number of carbonyl (C=O) groups excluding carboxylic acids is 1. The highest BCUT2D eigenvalue weighted by molar-refractivity contribution is 5.87. The summed E-state index contributed by atoms with van der Waals surface area (Å²) in [5.74, 6) is 0.374. The molecule has 0 amide bonds. The lowest BCUT2D eigenvalue weighted by molar-refractivity contribution is 0.112. The summed E-state index contributed by atoms with van der Waals surface area (Å²) in [5.41, 5.74) is 1.86. The van der Waals surface area contributed by atoms with Crippen LogP contribution < -0.4 is 4.90 Å². The van der Waals surface area contributed by atoms with E-state index in [1.807, 2.05) is 53.1 Å². The second kappa shape index (κ2) is 6.04. The van der Waals surface area contributed by atoms with E-state index in [4.69, 9.17) is 0 Å². The van der Waals surface area contributed by atoms with Crippen LogP contribution in [0.1, 0.15) is 29.2 Å². The summed E-state index contributed by atoms with van der Waals surface area (Å²) < 4.78 is 2.03. The Labute approximate surface area is 140 Å². The quantitative estimate of drug-likeness (QED) is 0.742. The van der Waals surface area contributed by atoms with E-state index in [1.54, 1.807) is 0 Å². The van der Waals surface area contributed by atoms with Gasteiger partial charge in [-0.2, -0.15) is 0 Å². The predicted octanol–water partition coefficient (Wildman–Crippen LogP) is 4.00. The molecule has 1 aliphatic heterocycles. The third-order valence-corrected chi connectivity index (χ3v) is 4.98. The average Bonchev–Trinajstić information content (AvgIpc) is 2.99. The molecule has 3 aromatic rings. The van der Waals surface area contributed by atoms with E-state index in [-0.39, 0.29) is 0 Å². The topological polar surface area (TPSA) is 45.5 Å². The zero-order valence-electron chi connectivity index (χ0n) is 13.4. The molecule has 4 heteroatoms. The van der Waals surface area contributed by atoms with Crippen molar-refractivity contribution in [2.24, 2.45) is 0 Å². The van der Waals surface area contributed by atoms with E-state index in [2.05, 4.69) is 11.1 Å². The molecule has 4 rings (SSSR count). The maximum absolute atomic E-state index is 10.8. The van der Waals surface area contributed by atoms with E-state index < -0.39 is 0 Å². The first kappa shape index (κ1) is 14.8. The van der Waals surface area contributed by atoms with Crippen molar-refractivity contribution in [3.05, 3.63) is 60.3 Å². The number of aromatic nitrogens is 1. The normalized spacial score (nSPS) is 15.8. The van der Waals surface area contributed by atoms with Gasteiger partial charge < -0.3 is 14.6 Å². The van der Waals surface area contributed by atoms with Gasteiger partial charge in [0.25, 0.3) is 0 Å². The minimum absolute atomic E-state index is 0.322. The van der Waals surface area contributed by atoms with Crippen molar-refractivity contribution in [1.29, 1.82) is 0 Å². The minimum Gasteiger partial charge on any atom is -0.494 e. The van der Waals surface area contributed by atoms with Crippen LogP contribution in [0.25, 0.3) is 10.8 Å². The average molecular weight is 320 g/mol. The van der Waals surface area contributed by atoms with Crippen molar-refractivity contribution >= 4 is 22.7 Å². The van der Waals surface area contributed by atoms with E-state index in [1.165, 1.54) is 0 Å². The molecule has 1 N–H and O–H groups in total. The van der Waals surface area contributed by atoms with Crippen molar-refractivity contribution in [3.63, 3.8) is 0 Å². The largest absolute Gasteiger partial charge is 0.494 e. The van der Waals surface area contributed by atoms with Crippen LogP contribution in [0.4, 0.5) is 5.69 Å². The molecule has 24 heavy (non-hydrogen) atoms. The third-order valence-electron chi connectivity index (χ3n) is 4.98. The lowest BCUT2D eigenvalue weighted by atomic mass is 10.0. The van der Waals surface area contributed by atoms with Crippen LogP contribution in [-0.4, -0.2) is 29.0 Å². The summed E-state index contributed by atoms with van der Waals surface area (Å²) in [6.45, 7) is 1.89. The van der Waals surface area contributed by atoms with E-state index in [9.17, 15) is 9.90 Å². The number of anilines is 1. The summed E-state index contributed by atoms with van der Waals surface area (Å²) in [6.07, 6.45) is 4.91. The molecule has 0 saturated carbocycles. The van der Waals surface area contributed by atoms with Gasteiger partial charge >= 0.3 is 0 Å². The van der Waals surface area contributed by atoms with Crippen LogP contribution in [0.5, 0.6) is 5.88 Å². The molecule has 122 valence electrons. The van der Waals surface area contributed by atoms with E-state index in [0.29, 0.717) is 17.5 Å². The fourth-order valence-electron chi connectivity index (χ4n) is 3.61. The number of carbonyl (C=O) groups is 1. The number of benzene rings is 2. The van der Waals surface area contributed by atoms with Gasteiger partial charge in [-0.1, -0.05) is 18.2 Å². The van der Waals surface area contributed by atoms with Gasteiger partial charge in [0.1, 0.15) is 6.29 Å². The van der Waals surface area contributed by atoms with E-state index in [0.717, 1.165) is 48.7 Å². The molecule has 0 bridgehead atoms. The summed E-state index contributed by atoms with van der Waals surface area (Å²) in [5, 5.41) is 12.5. The van der Waals surface area contributed by atoms with Gasteiger partial charge in [0.05, 0.1) is 0 Å². The molecule has 0 atom stereocenters. The van der Waals surface area contributed by atoms with Crippen molar-refractivity contribution in [1.82, 2.24) is 4.57 Å². The molecule has 1 fully saturated rings. The first-order chi connectivity index (χ1) is 11.8. The third kappa shape index (κ3) is 2.54. The highest BCUT2D eigenvalue weighted by Gasteiger charge is 2.23. The monoisotopic (exact) mass is 320 g/mol. The molecule has 4 nitrogen and oxygen atoms in total. The molecule has 1 aliphatic rings. The van der Waals surface area contributed by atoms with Gasteiger partial charge in [-0.15, -0.1) is 0 Å². The van der Waals surface area contributed by atoms with Crippen LogP contribution in [-0.2, 0) is 0 Å². The second-order valence-electron chi connectivity index (χ2n) is 6.37. The fraction of sp³-hybridized carbons (Fsp3) is 0.250.